The van der Waals surface area contributed by atoms with Gasteiger partial charge < -0.3 is 9.47 Å². The topological polar surface area (TPSA) is 90.0 Å². The summed E-state index contributed by atoms with van der Waals surface area (Å²) in [5.41, 5.74) is 0.577. The first-order valence-electron chi connectivity index (χ1n) is 13.1. The number of ether oxygens (including phenoxy) is 2. The standard InChI is InChI=1S/C21H23NO5S.C8H16O/c1-21(2)12-17-13-22(19(21)20(23)27-17)28(24,25)18-10-8-16(9-11-18)26-14-15-6-4-3-5-7-15;1-3-5-6-7-8(9)4-2/h3-11,17,19H,12-14H2,1-2H3;3-7H2,1-2H3/t17-,19+;/m1./s1. The van der Waals surface area contributed by atoms with Crippen LogP contribution in [0.15, 0.2) is 59.5 Å². The van der Waals surface area contributed by atoms with Crippen LogP contribution in [-0.2, 0) is 31.0 Å². The number of esters is 1. The minimum absolute atomic E-state index is 0.149. The second-order valence-electron chi connectivity index (χ2n) is 10.3. The average Bonchev–Trinajstić information content (AvgIpc) is 2.87. The largest absolute Gasteiger partial charge is 0.489 e. The Hall–Kier alpha value is -2.71. The molecule has 3 heterocycles. The molecule has 3 aliphatic heterocycles. The zero-order chi connectivity index (χ0) is 27.1. The lowest BCUT2D eigenvalue weighted by molar-refractivity contribution is -0.183. The first kappa shape index (κ1) is 28.9. The van der Waals surface area contributed by atoms with E-state index in [1.54, 1.807) is 12.1 Å². The fraction of sp³-hybridized carbons (Fsp3) is 0.517. The molecule has 0 unspecified atom stereocenters. The number of unbranched alkanes of at least 4 members (excludes halogenated alkanes) is 2. The molecule has 0 aromatic heterocycles. The van der Waals surface area contributed by atoms with Crippen molar-refractivity contribution in [3.63, 3.8) is 0 Å². The van der Waals surface area contributed by atoms with Crippen molar-refractivity contribution in [1.29, 1.82) is 0 Å². The maximum absolute atomic E-state index is 13.2. The molecule has 0 amide bonds. The van der Waals surface area contributed by atoms with Crippen molar-refractivity contribution in [1.82, 2.24) is 4.31 Å². The summed E-state index contributed by atoms with van der Waals surface area (Å²) < 4.78 is 38.7. The molecule has 0 saturated carbocycles. The summed E-state index contributed by atoms with van der Waals surface area (Å²) in [6.45, 7) is 8.50. The summed E-state index contributed by atoms with van der Waals surface area (Å²) in [5.74, 6) is 0.532. The second kappa shape index (κ2) is 12.7. The van der Waals surface area contributed by atoms with Gasteiger partial charge in [0.1, 0.15) is 30.3 Å². The number of hydrogen-bond acceptors (Lipinski definition) is 6. The highest BCUT2D eigenvalue weighted by Crippen LogP contribution is 2.43. The smallest absolute Gasteiger partial charge is 0.325 e. The molecule has 0 spiro atoms. The van der Waals surface area contributed by atoms with Gasteiger partial charge in [0, 0.05) is 12.8 Å². The van der Waals surface area contributed by atoms with E-state index in [1.165, 1.54) is 29.3 Å². The Morgan fingerprint density at radius 2 is 1.73 bits per heavy atom. The van der Waals surface area contributed by atoms with Crippen molar-refractivity contribution < 1.29 is 27.5 Å². The van der Waals surface area contributed by atoms with Crippen LogP contribution in [0.5, 0.6) is 5.75 Å². The molecule has 202 valence electrons. The fourth-order valence-electron chi connectivity index (χ4n) is 4.77. The number of fused-ring (bicyclic) bond motifs is 3. The minimum Gasteiger partial charge on any atom is -0.489 e. The van der Waals surface area contributed by atoms with Crippen LogP contribution in [0.1, 0.15) is 71.8 Å². The molecule has 0 N–H and O–H groups in total. The molecule has 0 radical (unpaired) electrons. The number of hydrogen-bond donors (Lipinski definition) is 0. The van der Waals surface area contributed by atoms with Crippen LogP contribution in [0, 0.1) is 5.41 Å². The molecular weight excluding hydrogens is 490 g/mol. The van der Waals surface area contributed by atoms with Gasteiger partial charge in [-0.2, -0.15) is 4.31 Å². The predicted octanol–water partition coefficient (Wildman–Crippen LogP) is 5.53. The van der Waals surface area contributed by atoms with Crippen molar-refractivity contribution in [2.75, 3.05) is 6.54 Å². The number of carbonyl (C=O) groups is 2. The molecule has 2 bridgehead atoms. The van der Waals surface area contributed by atoms with Gasteiger partial charge in [-0.15, -0.1) is 0 Å². The third-order valence-electron chi connectivity index (χ3n) is 6.80. The lowest BCUT2D eigenvalue weighted by Crippen LogP contribution is -2.66. The number of Topliss-reactive ketones (excluding diaryl/α,β-unsaturated/α-hetero) is 1. The van der Waals surface area contributed by atoms with E-state index in [0.717, 1.165) is 18.4 Å². The van der Waals surface area contributed by atoms with E-state index < -0.39 is 33.6 Å². The van der Waals surface area contributed by atoms with Crippen LogP contribution in [0.2, 0.25) is 0 Å². The van der Waals surface area contributed by atoms with Crippen LogP contribution in [-0.4, -0.2) is 43.2 Å². The van der Waals surface area contributed by atoms with Gasteiger partial charge in [-0.05, 0) is 48.1 Å². The summed E-state index contributed by atoms with van der Waals surface area (Å²) in [5, 5.41) is 0. The van der Waals surface area contributed by atoms with Crippen molar-refractivity contribution >= 4 is 21.8 Å². The molecular formula is C29H39NO6S. The number of nitrogens with zero attached hydrogens (tertiary/aromatic N) is 1. The molecule has 2 aromatic rings. The number of rotatable bonds is 10. The molecule has 7 nitrogen and oxygen atoms in total. The van der Waals surface area contributed by atoms with E-state index in [0.29, 0.717) is 31.0 Å². The number of piperidine rings is 1. The monoisotopic (exact) mass is 529 g/mol. The quantitative estimate of drug-likeness (QED) is 0.297. The Morgan fingerprint density at radius 1 is 1.05 bits per heavy atom. The highest BCUT2D eigenvalue weighted by atomic mass is 32.2. The van der Waals surface area contributed by atoms with E-state index in [9.17, 15) is 18.0 Å². The number of morpholine rings is 1. The highest BCUT2D eigenvalue weighted by Gasteiger charge is 2.56. The van der Waals surface area contributed by atoms with Gasteiger partial charge in [0.15, 0.2) is 0 Å². The van der Waals surface area contributed by atoms with Crippen molar-refractivity contribution in [3.05, 3.63) is 60.2 Å². The maximum Gasteiger partial charge on any atom is 0.325 e. The van der Waals surface area contributed by atoms with E-state index >= 15 is 0 Å². The van der Waals surface area contributed by atoms with Crippen LogP contribution < -0.4 is 4.74 Å². The van der Waals surface area contributed by atoms with Crippen LogP contribution in [0.25, 0.3) is 0 Å². The van der Waals surface area contributed by atoms with Gasteiger partial charge in [-0.3, -0.25) is 9.59 Å². The fourth-order valence-corrected chi connectivity index (χ4v) is 6.54. The first-order valence-corrected chi connectivity index (χ1v) is 14.5. The molecule has 2 atom stereocenters. The van der Waals surface area contributed by atoms with E-state index in [2.05, 4.69) is 6.92 Å². The van der Waals surface area contributed by atoms with Crippen LogP contribution >= 0.6 is 0 Å². The van der Waals surface area contributed by atoms with E-state index in [1.807, 2.05) is 51.1 Å². The van der Waals surface area contributed by atoms with Gasteiger partial charge in [0.2, 0.25) is 10.0 Å². The maximum atomic E-state index is 13.2. The van der Waals surface area contributed by atoms with E-state index in [4.69, 9.17) is 9.47 Å². The predicted molar refractivity (Wildman–Crippen MR) is 143 cm³/mol. The summed E-state index contributed by atoms with van der Waals surface area (Å²) >= 11 is 0. The van der Waals surface area contributed by atoms with E-state index in [-0.39, 0.29) is 11.4 Å². The van der Waals surface area contributed by atoms with Crippen LogP contribution in [0.4, 0.5) is 0 Å². The summed E-state index contributed by atoms with van der Waals surface area (Å²) in [6, 6.07) is 15.3. The molecule has 5 rings (SSSR count). The summed E-state index contributed by atoms with van der Waals surface area (Å²) in [6.07, 6.45) is 5.28. The number of sulfonamides is 1. The van der Waals surface area contributed by atoms with Crippen molar-refractivity contribution in [2.24, 2.45) is 5.41 Å². The SMILES string of the molecule is CC1(C)C[C@@H]2CN(S(=O)(=O)c3ccc(OCc4ccccc4)cc3)[C@H]1C(=O)O2.CCCCCC(=O)CC. The number of benzene rings is 2. The number of carbonyl (C=O) groups excluding carboxylic acids is 2. The summed E-state index contributed by atoms with van der Waals surface area (Å²) in [7, 11) is -3.80. The Morgan fingerprint density at radius 3 is 2.30 bits per heavy atom. The Labute approximate surface area is 221 Å². The third kappa shape index (κ3) is 7.42. The molecule has 3 aliphatic rings. The van der Waals surface area contributed by atoms with Crippen LogP contribution in [0.3, 0.4) is 0 Å². The highest BCUT2D eigenvalue weighted by molar-refractivity contribution is 7.89. The third-order valence-corrected chi connectivity index (χ3v) is 8.65. The zero-order valence-corrected chi connectivity index (χ0v) is 23.1. The molecule has 37 heavy (non-hydrogen) atoms. The van der Waals surface area contributed by atoms with Gasteiger partial charge in [0.25, 0.3) is 0 Å². The van der Waals surface area contributed by atoms with Gasteiger partial charge in [-0.1, -0.05) is 70.9 Å². The van der Waals surface area contributed by atoms with Crippen molar-refractivity contribution in [3.8, 4) is 5.75 Å². The van der Waals surface area contributed by atoms with Crippen molar-refractivity contribution in [2.45, 2.75) is 89.9 Å². The normalized spacial score (nSPS) is 20.5. The molecule has 2 aromatic carbocycles. The minimum atomic E-state index is -3.80. The van der Waals surface area contributed by atoms with Gasteiger partial charge >= 0.3 is 5.97 Å². The molecule has 3 saturated heterocycles. The summed E-state index contributed by atoms with van der Waals surface area (Å²) in [4.78, 5) is 23.1. The lowest BCUT2D eigenvalue weighted by atomic mass is 9.74. The Bertz CT molecular complexity index is 1140. The Balaban J connectivity index is 0.000000364. The lowest BCUT2D eigenvalue weighted by Gasteiger charge is -2.51. The molecule has 8 heteroatoms. The second-order valence-corrected chi connectivity index (χ2v) is 12.2. The molecule has 0 aliphatic carbocycles. The van der Waals surface area contributed by atoms with Gasteiger partial charge in [-0.25, -0.2) is 8.42 Å². The molecule has 3 fully saturated rings. The average molecular weight is 530 g/mol. The Kier molecular flexibility index (Phi) is 9.90. The number of ketones is 1. The zero-order valence-electron chi connectivity index (χ0n) is 22.3. The van der Waals surface area contributed by atoms with Gasteiger partial charge in [0.05, 0.1) is 11.4 Å². The first-order chi connectivity index (χ1) is 17.6.